The summed E-state index contributed by atoms with van der Waals surface area (Å²) in [4.78, 5) is 21.4. The fraction of sp³-hybridized carbons (Fsp3) is 0.429. The van der Waals surface area contributed by atoms with Crippen LogP contribution in [0, 0.1) is 17.8 Å². The van der Waals surface area contributed by atoms with E-state index < -0.39 is 23.7 Å². The fourth-order valence-corrected chi connectivity index (χ4v) is 5.09. The number of benzene rings is 1. The summed E-state index contributed by atoms with van der Waals surface area (Å²) in [6, 6.07) is 6.03. The maximum atomic E-state index is 13.0. The number of hydrogen-bond acceptors (Lipinski definition) is 3. The molecular formula is C21H22F3NO4. The van der Waals surface area contributed by atoms with E-state index in [0.717, 1.165) is 25.1 Å². The van der Waals surface area contributed by atoms with Gasteiger partial charge in [0.05, 0.1) is 5.56 Å². The van der Waals surface area contributed by atoms with E-state index in [2.05, 4.69) is 24.1 Å². The van der Waals surface area contributed by atoms with Crippen molar-refractivity contribution in [1.82, 2.24) is 4.90 Å². The summed E-state index contributed by atoms with van der Waals surface area (Å²) >= 11 is 0. The van der Waals surface area contributed by atoms with Crippen LogP contribution < -0.4 is 0 Å². The van der Waals surface area contributed by atoms with E-state index in [4.69, 9.17) is 10.2 Å². The maximum absolute atomic E-state index is 13.0. The molecule has 1 aromatic rings. The van der Waals surface area contributed by atoms with Gasteiger partial charge in [-0.15, -0.1) is 0 Å². The van der Waals surface area contributed by atoms with Crippen molar-refractivity contribution in [2.75, 3.05) is 20.1 Å². The van der Waals surface area contributed by atoms with E-state index in [0.29, 0.717) is 29.9 Å². The number of carboxylic acids is 2. The first-order valence-electron chi connectivity index (χ1n) is 9.22. The van der Waals surface area contributed by atoms with Gasteiger partial charge in [-0.2, -0.15) is 13.2 Å². The third kappa shape index (κ3) is 4.07. The molecule has 8 heteroatoms. The molecule has 4 rings (SSSR count). The largest absolute Gasteiger partial charge is 0.478 e. The first kappa shape index (κ1) is 21.1. The molecule has 2 N–H and O–H groups in total. The smallest absolute Gasteiger partial charge is 0.416 e. The average Bonchev–Trinajstić information content (AvgIpc) is 3.31. The number of halogens is 3. The van der Waals surface area contributed by atoms with Gasteiger partial charge >= 0.3 is 18.1 Å². The van der Waals surface area contributed by atoms with Gasteiger partial charge in [0.25, 0.3) is 0 Å². The fourth-order valence-electron chi connectivity index (χ4n) is 5.09. The van der Waals surface area contributed by atoms with Crippen molar-refractivity contribution in [3.8, 4) is 0 Å². The second kappa shape index (κ2) is 7.67. The molecule has 4 unspecified atom stereocenters. The molecule has 29 heavy (non-hydrogen) atoms. The molecule has 1 aromatic carbocycles. The van der Waals surface area contributed by atoms with Gasteiger partial charge in [-0.1, -0.05) is 30.4 Å². The Labute approximate surface area is 166 Å². The van der Waals surface area contributed by atoms with Crippen LogP contribution in [-0.2, 0) is 21.2 Å². The van der Waals surface area contributed by atoms with Crippen LogP contribution in [0.3, 0.4) is 0 Å². The van der Waals surface area contributed by atoms with Crippen molar-refractivity contribution in [2.45, 2.75) is 18.0 Å². The van der Waals surface area contributed by atoms with Gasteiger partial charge in [0, 0.05) is 30.7 Å². The number of hydrogen-bond donors (Lipinski definition) is 2. The summed E-state index contributed by atoms with van der Waals surface area (Å²) in [6.07, 6.45) is 2.47. The number of carboxylic acid groups (broad SMARTS) is 2. The lowest BCUT2D eigenvalue weighted by Gasteiger charge is -2.37. The van der Waals surface area contributed by atoms with Gasteiger partial charge in [0.2, 0.25) is 0 Å². The van der Waals surface area contributed by atoms with Crippen molar-refractivity contribution in [1.29, 1.82) is 0 Å². The lowest BCUT2D eigenvalue weighted by atomic mass is 9.66. The molecule has 0 aromatic heterocycles. The van der Waals surface area contributed by atoms with Crippen molar-refractivity contribution >= 4 is 11.9 Å². The zero-order chi connectivity index (χ0) is 21.4. The van der Waals surface area contributed by atoms with Gasteiger partial charge in [0.1, 0.15) is 0 Å². The monoisotopic (exact) mass is 409 g/mol. The lowest BCUT2D eigenvalue weighted by Crippen LogP contribution is -2.39. The molecule has 4 atom stereocenters. The molecule has 2 bridgehead atoms. The summed E-state index contributed by atoms with van der Waals surface area (Å²) in [5.74, 6) is -1.13. The molecule has 3 aliphatic rings. The van der Waals surface area contributed by atoms with Gasteiger partial charge in [-0.05, 0) is 42.9 Å². The molecule has 0 radical (unpaired) electrons. The summed E-state index contributed by atoms with van der Waals surface area (Å²) in [6.45, 7) is 1.85. The topological polar surface area (TPSA) is 77.8 Å². The van der Waals surface area contributed by atoms with E-state index in [9.17, 15) is 22.8 Å². The molecule has 2 aliphatic carbocycles. The molecule has 5 nitrogen and oxygen atoms in total. The van der Waals surface area contributed by atoms with E-state index in [1.807, 2.05) is 6.07 Å². The molecule has 1 saturated heterocycles. The molecular weight excluding hydrogens is 387 g/mol. The number of allylic oxidation sites excluding steroid dienone is 2. The highest BCUT2D eigenvalue weighted by molar-refractivity contribution is 5.89. The van der Waals surface area contributed by atoms with Crippen LogP contribution in [0.2, 0.25) is 0 Å². The first-order chi connectivity index (χ1) is 13.5. The second-order valence-electron chi connectivity index (χ2n) is 7.82. The number of carbonyl (C=O) groups is 2. The second-order valence-corrected chi connectivity index (χ2v) is 7.82. The normalized spacial score (nSPS) is 30.3. The Bertz CT molecular complexity index is 848. The van der Waals surface area contributed by atoms with Gasteiger partial charge < -0.3 is 15.1 Å². The van der Waals surface area contributed by atoms with Gasteiger partial charge in [-0.3, -0.25) is 0 Å². The number of fused-ring (bicyclic) bond motifs is 5. The maximum Gasteiger partial charge on any atom is 0.416 e. The zero-order valence-corrected chi connectivity index (χ0v) is 15.8. The molecule has 0 spiro atoms. The highest BCUT2D eigenvalue weighted by Crippen LogP contribution is 2.60. The Morgan fingerprint density at radius 1 is 1.17 bits per heavy atom. The minimum absolute atomic E-state index is 0.116. The molecule has 2 fully saturated rings. The predicted molar refractivity (Wildman–Crippen MR) is 99.3 cm³/mol. The average molecular weight is 409 g/mol. The molecule has 1 heterocycles. The summed E-state index contributed by atoms with van der Waals surface area (Å²) in [5, 5.41) is 15.6. The molecule has 1 saturated carbocycles. The third-order valence-electron chi connectivity index (χ3n) is 6.09. The van der Waals surface area contributed by atoms with Crippen molar-refractivity contribution in [3.63, 3.8) is 0 Å². The highest BCUT2D eigenvalue weighted by Gasteiger charge is 2.60. The van der Waals surface area contributed by atoms with Crippen LogP contribution in [-0.4, -0.2) is 47.2 Å². The van der Waals surface area contributed by atoms with Gasteiger partial charge in [0.15, 0.2) is 0 Å². The van der Waals surface area contributed by atoms with Crippen LogP contribution in [0.1, 0.15) is 17.5 Å². The lowest BCUT2D eigenvalue weighted by molar-refractivity contribution is -0.137. The standard InChI is InChI=1S/C17H18F3N.C4H4O4/c1-21-9-15-11-5-6-13(7-11)16(15,10-21)12-3-2-4-14(8-12)17(18,19)20;5-3(6)1-2-4(7)8/h2-6,8,11,13,15H,7,9-10H2,1H3;1-2H,(H,5,6)(H,7,8)/b;2-1+. The van der Waals surface area contributed by atoms with E-state index in [1.165, 1.54) is 12.1 Å². The summed E-state index contributed by atoms with van der Waals surface area (Å²) in [7, 11) is 2.08. The Hall–Kier alpha value is -2.61. The van der Waals surface area contributed by atoms with E-state index in [-0.39, 0.29) is 5.41 Å². The van der Waals surface area contributed by atoms with E-state index in [1.54, 1.807) is 6.07 Å². The summed E-state index contributed by atoms with van der Waals surface area (Å²) in [5.41, 5.74) is 0.244. The third-order valence-corrected chi connectivity index (χ3v) is 6.09. The van der Waals surface area contributed by atoms with Crippen LogP contribution >= 0.6 is 0 Å². The van der Waals surface area contributed by atoms with Crippen LogP contribution in [0.5, 0.6) is 0 Å². The predicted octanol–water partition coefficient (Wildman–Crippen LogP) is 3.42. The number of likely N-dealkylation sites (N-methyl/N-ethyl adjacent to an activating group) is 1. The van der Waals surface area contributed by atoms with Crippen molar-refractivity contribution in [3.05, 3.63) is 59.7 Å². The Morgan fingerprint density at radius 3 is 2.41 bits per heavy atom. The Kier molecular flexibility index (Phi) is 5.58. The van der Waals surface area contributed by atoms with Crippen molar-refractivity contribution < 1.29 is 33.0 Å². The summed E-state index contributed by atoms with van der Waals surface area (Å²) < 4.78 is 39.1. The van der Waals surface area contributed by atoms with Crippen LogP contribution in [0.4, 0.5) is 13.2 Å². The number of nitrogens with zero attached hydrogens (tertiary/aromatic N) is 1. The number of aliphatic carboxylic acids is 2. The van der Waals surface area contributed by atoms with E-state index >= 15 is 0 Å². The van der Waals surface area contributed by atoms with Crippen LogP contribution in [0.25, 0.3) is 0 Å². The highest BCUT2D eigenvalue weighted by atomic mass is 19.4. The SMILES string of the molecule is CN1CC2C3C=CC(C3)C2(c2cccc(C(F)(F)F)c2)C1.O=C(O)/C=C/C(=O)O. The van der Waals surface area contributed by atoms with Crippen LogP contribution in [0.15, 0.2) is 48.6 Å². The molecule has 156 valence electrons. The van der Waals surface area contributed by atoms with Crippen molar-refractivity contribution in [2.24, 2.45) is 17.8 Å². The number of alkyl halides is 3. The Morgan fingerprint density at radius 2 is 1.83 bits per heavy atom. The number of likely N-dealkylation sites (tertiary alicyclic amines) is 1. The quantitative estimate of drug-likeness (QED) is 0.591. The molecule has 0 amide bonds. The minimum atomic E-state index is -4.26. The van der Waals surface area contributed by atoms with Gasteiger partial charge in [-0.25, -0.2) is 9.59 Å². The Balaban J connectivity index is 0.000000258. The first-order valence-corrected chi connectivity index (χ1v) is 9.22. The minimum Gasteiger partial charge on any atom is -0.478 e. The molecule has 1 aliphatic heterocycles. The zero-order valence-electron chi connectivity index (χ0n) is 15.8. The number of rotatable bonds is 3.